The first-order valence-corrected chi connectivity index (χ1v) is 12.0. The number of aromatic nitrogens is 1. The van der Waals surface area contributed by atoms with Crippen molar-refractivity contribution >= 4 is 57.3 Å². The number of amides is 1. The summed E-state index contributed by atoms with van der Waals surface area (Å²) in [4.78, 5) is 12.5. The average Bonchev–Trinajstić information content (AvgIpc) is 3.19. The zero-order valence-corrected chi connectivity index (χ0v) is 21.4. The molecule has 0 unspecified atom stereocenters. The number of rotatable bonds is 5. The van der Waals surface area contributed by atoms with E-state index in [4.69, 9.17) is 0 Å². The predicted octanol–water partition coefficient (Wildman–Crippen LogP) is 6.13. The Morgan fingerprint density at radius 1 is 1.00 bits per heavy atom. The van der Waals surface area contributed by atoms with Crippen molar-refractivity contribution in [1.82, 2.24) is 9.99 Å². The van der Waals surface area contributed by atoms with Crippen molar-refractivity contribution in [2.45, 2.75) is 6.92 Å². The van der Waals surface area contributed by atoms with Crippen LogP contribution in [-0.2, 0) is 0 Å². The molecule has 32 heavy (non-hydrogen) atoms. The van der Waals surface area contributed by atoms with Gasteiger partial charge in [0.25, 0.3) is 5.91 Å². The van der Waals surface area contributed by atoms with Crippen molar-refractivity contribution in [3.63, 3.8) is 0 Å². The Morgan fingerprint density at radius 2 is 1.72 bits per heavy atom. The Kier molecular flexibility index (Phi) is 6.95. The highest BCUT2D eigenvalue weighted by Crippen LogP contribution is 2.27. The van der Waals surface area contributed by atoms with Crippen molar-refractivity contribution in [2.75, 3.05) is 0 Å². The van der Waals surface area contributed by atoms with Gasteiger partial charge in [0.1, 0.15) is 5.75 Å². The maximum absolute atomic E-state index is 12.5. The molecular weight excluding hydrogens is 628 g/mol. The van der Waals surface area contributed by atoms with E-state index in [0.29, 0.717) is 11.1 Å². The highest BCUT2D eigenvalue weighted by molar-refractivity contribution is 14.1. The third-order valence-electron chi connectivity index (χ3n) is 4.96. The van der Waals surface area contributed by atoms with Gasteiger partial charge in [-0.3, -0.25) is 4.79 Å². The van der Waals surface area contributed by atoms with Gasteiger partial charge in [0, 0.05) is 26.1 Å². The number of carbonyl (C=O) groups is 1. The Morgan fingerprint density at radius 3 is 2.44 bits per heavy atom. The van der Waals surface area contributed by atoms with E-state index < -0.39 is 0 Å². The van der Waals surface area contributed by atoms with Crippen LogP contribution in [0.5, 0.6) is 5.75 Å². The molecular formula is C25H19I2N3O2. The molecule has 4 rings (SSSR count). The molecule has 0 spiro atoms. The summed E-state index contributed by atoms with van der Waals surface area (Å²) < 4.78 is 3.87. The molecule has 1 aromatic heterocycles. The van der Waals surface area contributed by atoms with Gasteiger partial charge in [0.2, 0.25) is 0 Å². The quantitative estimate of drug-likeness (QED) is 0.156. The van der Waals surface area contributed by atoms with Gasteiger partial charge in [0.05, 0.1) is 15.5 Å². The molecule has 1 heterocycles. The van der Waals surface area contributed by atoms with Crippen molar-refractivity contribution in [3.8, 4) is 22.7 Å². The maximum atomic E-state index is 12.5. The van der Waals surface area contributed by atoms with Crippen LogP contribution in [0.2, 0.25) is 0 Å². The monoisotopic (exact) mass is 647 g/mol. The number of nitrogens with one attached hydrogen (secondary N) is 1. The van der Waals surface area contributed by atoms with Gasteiger partial charge in [-0.05, 0) is 106 Å². The highest BCUT2D eigenvalue weighted by atomic mass is 127. The number of benzene rings is 3. The minimum Gasteiger partial charge on any atom is -0.506 e. The molecule has 0 atom stereocenters. The number of phenols is 1. The molecule has 0 aliphatic heterocycles. The summed E-state index contributed by atoms with van der Waals surface area (Å²) in [7, 11) is 0. The number of carbonyl (C=O) groups excluding carboxylic acids is 1. The lowest BCUT2D eigenvalue weighted by atomic mass is 10.1. The lowest BCUT2D eigenvalue weighted by Gasteiger charge is -2.12. The van der Waals surface area contributed by atoms with Gasteiger partial charge in [0.15, 0.2) is 0 Å². The Labute approximate surface area is 213 Å². The minimum absolute atomic E-state index is 0.143. The fraction of sp³-hybridized carbons (Fsp3) is 0.0400. The van der Waals surface area contributed by atoms with E-state index in [-0.39, 0.29) is 11.7 Å². The van der Waals surface area contributed by atoms with E-state index in [2.05, 4.69) is 91.5 Å². The average molecular weight is 647 g/mol. The molecule has 2 N–H and O–H groups in total. The molecule has 0 saturated carbocycles. The van der Waals surface area contributed by atoms with Gasteiger partial charge in [-0.15, -0.1) is 0 Å². The van der Waals surface area contributed by atoms with E-state index >= 15 is 0 Å². The van der Waals surface area contributed by atoms with E-state index in [0.717, 1.165) is 29.8 Å². The van der Waals surface area contributed by atoms with E-state index in [9.17, 15) is 9.90 Å². The van der Waals surface area contributed by atoms with Crippen LogP contribution < -0.4 is 5.43 Å². The fourth-order valence-electron chi connectivity index (χ4n) is 3.39. The summed E-state index contributed by atoms with van der Waals surface area (Å²) in [5, 5.41) is 14.1. The smallest absolute Gasteiger partial charge is 0.271 e. The normalized spacial score (nSPS) is 11.1. The van der Waals surface area contributed by atoms with E-state index in [1.807, 2.05) is 36.4 Å². The molecule has 160 valence electrons. The summed E-state index contributed by atoms with van der Waals surface area (Å²) in [5.74, 6) is -0.176. The van der Waals surface area contributed by atoms with Crippen molar-refractivity contribution in [2.24, 2.45) is 5.10 Å². The Balaban J connectivity index is 1.52. The summed E-state index contributed by atoms with van der Waals surface area (Å²) in [6, 6.07) is 25.4. The second-order valence-corrected chi connectivity index (χ2v) is 9.54. The number of nitrogens with zero attached hydrogens (tertiary/aromatic N) is 2. The minimum atomic E-state index is -0.319. The first-order valence-electron chi connectivity index (χ1n) is 9.79. The van der Waals surface area contributed by atoms with Crippen molar-refractivity contribution in [3.05, 3.63) is 103 Å². The van der Waals surface area contributed by atoms with Crippen LogP contribution in [0.4, 0.5) is 0 Å². The summed E-state index contributed by atoms with van der Waals surface area (Å²) >= 11 is 4.23. The number of halogens is 2. The largest absolute Gasteiger partial charge is 0.506 e. The first-order chi connectivity index (χ1) is 15.4. The maximum Gasteiger partial charge on any atom is 0.271 e. The van der Waals surface area contributed by atoms with Crippen LogP contribution in [0, 0.1) is 14.1 Å². The van der Waals surface area contributed by atoms with Gasteiger partial charge in [-0.1, -0.05) is 30.3 Å². The first kappa shape index (κ1) is 22.5. The van der Waals surface area contributed by atoms with Crippen LogP contribution in [0.15, 0.2) is 84.0 Å². The third kappa shape index (κ3) is 4.88. The topological polar surface area (TPSA) is 66.6 Å². The Bertz CT molecular complexity index is 1300. The second-order valence-electron chi connectivity index (χ2n) is 7.13. The van der Waals surface area contributed by atoms with Gasteiger partial charge in [-0.25, -0.2) is 5.43 Å². The molecule has 7 heteroatoms. The molecule has 0 bridgehead atoms. The number of hydrogen-bond acceptors (Lipinski definition) is 3. The van der Waals surface area contributed by atoms with Gasteiger partial charge >= 0.3 is 0 Å². The molecule has 0 aliphatic carbocycles. The lowest BCUT2D eigenvalue weighted by Crippen LogP contribution is -2.17. The van der Waals surface area contributed by atoms with E-state index in [1.54, 1.807) is 18.2 Å². The van der Waals surface area contributed by atoms with Crippen molar-refractivity contribution in [1.29, 1.82) is 0 Å². The number of aromatic hydroxyl groups is 1. The molecule has 0 radical (unpaired) electrons. The number of phenolic OH excluding ortho intramolecular Hbond substituents is 1. The SMILES string of the molecule is Cc1ccc(-c2ccccc2)n1-c1ccc(C(=O)N/N=C/c2cc(I)cc(I)c2O)cc1. The summed E-state index contributed by atoms with van der Waals surface area (Å²) in [6.07, 6.45) is 1.45. The van der Waals surface area contributed by atoms with Crippen molar-refractivity contribution < 1.29 is 9.90 Å². The molecule has 5 nitrogen and oxygen atoms in total. The molecule has 3 aromatic carbocycles. The van der Waals surface area contributed by atoms with Crippen LogP contribution in [-0.4, -0.2) is 21.8 Å². The molecule has 4 aromatic rings. The zero-order chi connectivity index (χ0) is 22.7. The third-order valence-corrected chi connectivity index (χ3v) is 6.41. The summed E-state index contributed by atoms with van der Waals surface area (Å²) in [5.41, 5.74) is 7.88. The van der Waals surface area contributed by atoms with Gasteiger partial charge in [-0.2, -0.15) is 5.10 Å². The second kappa shape index (κ2) is 9.86. The highest BCUT2D eigenvalue weighted by Gasteiger charge is 2.11. The molecule has 1 amide bonds. The Hall–Kier alpha value is -2.66. The molecule has 0 aliphatic rings. The summed E-state index contributed by atoms with van der Waals surface area (Å²) in [6.45, 7) is 2.06. The van der Waals surface area contributed by atoms with Crippen LogP contribution in [0.25, 0.3) is 16.9 Å². The van der Waals surface area contributed by atoms with Gasteiger partial charge < -0.3 is 9.67 Å². The van der Waals surface area contributed by atoms with E-state index in [1.165, 1.54) is 6.21 Å². The van der Waals surface area contributed by atoms with Crippen LogP contribution >= 0.6 is 45.2 Å². The number of hydrogen-bond donors (Lipinski definition) is 2. The fourth-order valence-corrected chi connectivity index (χ4v) is 5.28. The number of aryl methyl sites for hydroxylation is 1. The molecule has 0 fully saturated rings. The number of hydrazone groups is 1. The standard InChI is InChI=1S/C25H19I2N3O2/c1-16-7-12-23(17-5-3-2-4-6-17)30(16)21-10-8-18(9-11-21)25(32)29-28-15-19-13-20(26)14-22(27)24(19)31/h2-15,31H,1H3,(H,29,32)/b28-15+. The van der Waals surface area contributed by atoms with Crippen LogP contribution in [0.1, 0.15) is 21.6 Å². The molecule has 0 saturated heterocycles. The lowest BCUT2D eigenvalue weighted by molar-refractivity contribution is 0.0955. The zero-order valence-electron chi connectivity index (χ0n) is 17.1. The van der Waals surface area contributed by atoms with Crippen LogP contribution in [0.3, 0.4) is 0 Å². The predicted molar refractivity (Wildman–Crippen MR) is 145 cm³/mol.